The van der Waals surface area contributed by atoms with Gasteiger partial charge in [0, 0.05) is 33.7 Å². The van der Waals surface area contributed by atoms with Crippen molar-refractivity contribution in [3.05, 3.63) is 257 Å². The van der Waals surface area contributed by atoms with Crippen LogP contribution in [-0.2, 0) is 32.7 Å². The molecule has 9 heterocycles. The molecule has 0 spiro atoms. The van der Waals surface area contributed by atoms with E-state index in [-0.39, 0.29) is 67.1 Å². The lowest BCUT2D eigenvalue weighted by Gasteiger charge is -2.07. The first kappa shape index (κ1) is 62.5. The lowest BCUT2D eigenvalue weighted by Crippen LogP contribution is -2.22. The zero-order valence-electron chi connectivity index (χ0n) is 46.2. The number of pyridine rings is 3. The normalized spacial score (nSPS) is 12.2. The number of aromatic nitrogens is 15. The van der Waals surface area contributed by atoms with Crippen molar-refractivity contribution in [2.75, 3.05) is 6.61 Å². The Morgan fingerprint density at radius 1 is 0.466 bits per heavy atom. The molecule has 3 atom stereocenters. The Morgan fingerprint density at radius 2 is 0.795 bits per heavy atom. The van der Waals surface area contributed by atoms with Gasteiger partial charge in [-0.3, -0.25) is 28.1 Å². The molecule has 3 aromatic carbocycles. The van der Waals surface area contributed by atoms with Gasteiger partial charge in [-0.25, -0.2) is 62.6 Å². The van der Waals surface area contributed by atoms with Crippen LogP contribution >= 0.6 is 34.8 Å². The quantitative estimate of drug-likeness (QED) is 0.106. The summed E-state index contributed by atoms with van der Waals surface area (Å²) in [7, 11) is 0. The van der Waals surface area contributed by atoms with Gasteiger partial charge in [0.1, 0.15) is 57.1 Å². The molecule has 9 aromatic heterocycles. The summed E-state index contributed by atoms with van der Waals surface area (Å²) >= 11 is 17.2. The minimum Gasteiger partial charge on any atom is -0.393 e. The molecule has 0 saturated carbocycles. The number of aromatic amines is 1. The number of fused-ring (bicyclic) bond motifs is 3. The van der Waals surface area contributed by atoms with Gasteiger partial charge >= 0.3 is 17.3 Å². The number of benzene rings is 3. The molecule has 25 nitrogen and oxygen atoms in total. The third-order valence-electron chi connectivity index (χ3n) is 13.0. The average molecular weight is 1270 g/mol. The van der Waals surface area contributed by atoms with Crippen molar-refractivity contribution >= 4 is 67.9 Å². The fourth-order valence-corrected chi connectivity index (χ4v) is 8.85. The standard InChI is InChI=1S/2C19H15ClFN5O3.C11H9N5O3.C8H8ClFO/c2*1-11-6-7-22-17-16(11)18(27)25(10-23-17)9-15-24-26(19(28)29-15)8-14(21)12-2-4-13(20)5-3-12;1-6-2-3-12-9-8(6)10(17)16(5-13-9)4-7-14-15-11(18)19-7;9-7-3-1-6(2-4-7)8(10)5-11/h2*2-7,10,14H,8-9H2,1H3;2-3,5H,4H2,1H3,(H,15,18);1-4,8,11H,5H2/t2*14-;;/m10../s1. The maximum absolute atomic E-state index is 14.5. The summed E-state index contributed by atoms with van der Waals surface area (Å²) in [5.74, 6) is -2.21. The van der Waals surface area contributed by atoms with Crippen LogP contribution in [0.2, 0.25) is 15.1 Å². The van der Waals surface area contributed by atoms with E-state index in [1.54, 1.807) is 99.2 Å². The zero-order valence-corrected chi connectivity index (χ0v) is 48.5. The second-order valence-corrected chi connectivity index (χ2v) is 20.5. The third-order valence-corrected chi connectivity index (χ3v) is 13.8. The Kier molecular flexibility index (Phi) is 19.9. The lowest BCUT2D eigenvalue weighted by molar-refractivity contribution is 0.180. The van der Waals surface area contributed by atoms with Gasteiger partial charge in [-0.2, -0.15) is 9.36 Å². The van der Waals surface area contributed by atoms with Crippen LogP contribution in [0.5, 0.6) is 0 Å². The number of hydrogen-bond acceptors (Lipinski definition) is 19. The van der Waals surface area contributed by atoms with Gasteiger partial charge < -0.3 is 18.4 Å². The van der Waals surface area contributed by atoms with E-state index >= 15 is 0 Å². The van der Waals surface area contributed by atoms with Crippen LogP contribution < -0.4 is 33.9 Å². The van der Waals surface area contributed by atoms with Crippen molar-refractivity contribution in [1.82, 2.24) is 73.4 Å². The van der Waals surface area contributed by atoms with Crippen LogP contribution in [0.4, 0.5) is 13.2 Å². The maximum atomic E-state index is 14.5. The second kappa shape index (κ2) is 28.0. The first-order chi connectivity index (χ1) is 42.2. The highest BCUT2D eigenvalue weighted by Gasteiger charge is 2.20. The Balaban J connectivity index is 0.000000147. The summed E-state index contributed by atoms with van der Waals surface area (Å²) in [5.41, 5.74) is 3.59. The van der Waals surface area contributed by atoms with Gasteiger partial charge in [-0.05, 0) is 109 Å². The van der Waals surface area contributed by atoms with E-state index in [9.17, 15) is 41.9 Å². The number of H-pyrrole nitrogens is 1. The Hall–Kier alpha value is -10.0. The number of alkyl halides is 3. The van der Waals surface area contributed by atoms with Crippen LogP contribution in [0.3, 0.4) is 0 Å². The summed E-state index contributed by atoms with van der Waals surface area (Å²) in [6.45, 7) is 4.06. The number of aliphatic hydroxyl groups excluding tert-OH is 1. The molecule has 2 N–H and O–H groups in total. The van der Waals surface area contributed by atoms with Crippen molar-refractivity contribution in [2.45, 2.75) is 72.0 Å². The number of hydrogen-bond donors (Lipinski definition) is 2. The summed E-state index contributed by atoms with van der Waals surface area (Å²) < 4.78 is 62.2. The van der Waals surface area contributed by atoms with Crippen LogP contribution in [0.15, 0.2) is 171 Å². The van der Waals surface area contributed by atoms with Crippen LogP contribution in [-0.4, -0.2) is 85.1 Å². The summed E-state index contributed by atoms with van der Waals surface area (Å²) in [4.78, 5) is 97.2. The minimum absolute atomic E-state index is 0.0249. The number of halogens is 6. The Bertz CT molecular complexity index is 4600. The molecule has 452 valence electrons. The molecule has 0 saturated heterocycles. The highest BCUT2D eigenvalue weighted by molar-refractivity contribution is 6.31. The maximum Gasteiger partial charge on any atom is 0.437 e. The van der Waals surface area contributed by atoms with E-state index in [0.29, 0.717) is 64.9 Å². The van der Waals surface area contributed by atoms with Gasteiger partial charge in [0.2, 0.25) is 17.7 Å². The number of aliphatic hydroxyl groups is 1. The molecule has 1 unspecified atom stereocenters. The fraction of sp³-hybridized carbons (Fsp3) is 0.211. The molecule has 0 radical (unpaired) electrons. The van der Waals surface area contributed by atoms with E-state index < -0.39 is 42.4 Å². The van der Waals surface area contributed by atoms with Gasteiger partial charge in [0.25, 0.3) is 16.7 Å². The van der Waals surface area contributed by atoms with Crippen molar-refractivity contribution < 1.29 is 31.5 Å². The van der Waals surface area contributed by atoms with E-state index in [1.165, 1.54) is 56.9 Å². The molecule has 88 heavy (non-hydrogen) atoms. The average Bonchev–Trinajstić information content (AvgIpc) is 3.31. The fourth-order valence-electron chi connectivity index (χ4n) is 8.47. The van der Waals surface area contributed by atoms with Gasteiger partial charge in [0.05, 0.1) is 35.9 Å². The van der Waals surface area contributed by atoms with Gasteiger partial charge in [0.15, 0.2) is 16.9 Å². The number of rotatable bonds is 14. The third kappa shape index (κ3) is 15.1. The monoisotopic (exact) mass is 1260 g/mol. The molecule has 12 aromatic rings. The van der Waals surface area contributed by atoms with Crippen molar-refractivity contribution in [1.29, 1.82) is 0 Å². The molecular formula is C57H47Cl3F3N15O10. The van der Waals surface area contributed by atoms with E-state index in [0.717, 1.165) is 26.1 Å². The SMILES string of the molecule is Cc1ccnc2ncn(Cc3n[nH]c(=O)o3)c(=O)c12.Cc1ccnc2ncn(Cc3nn(C[C@@H](F)c4ccc(Cl)cc4)c(=O)o3)c(=O)c12.Cc1ccnc2ncn(Cc3nn(C[C@H](F)c4ccc(Cl)cc4)c(=O)o3)c(=O)c12.OCC(F)c1ccc(Cl)cc1. The van der Waals surface area contributed by atoms with E-state index in [4.69, 9.17) is 53.2 Å². The molecule has 0 amide bonds. The van der Waals surface area contributed by atoms with E-state index in [1.807, 2.05) is 6.92 Å². The molecule has 0 aliphatic rings. The smallest absolute Gasteiger partial charge is 0.393 e. The van der Waals surface area contributed by atoms with Gasteiger partial charge in [-0.1, -0.05) is 71.2 Å². The number of aryl methyl sites for hydroxylation is 3. The first-order valence-electron chi connectivity index (χ1n) is 26.1. The van der Waals surface area contributed by atoms with Crippen molar-refractivity contribution in [3.63, 3.8) is 0 Å². The van der Waals surface area contributed by atoms with Crippen molar-refractivity contribution in [2.24, 2.45) is 0 Å². The van der Waals surface area contributed by atoms with Crippen LogP contribution in [0, 0.1) is 20.8 Å². The molecule has 31 heteroatoms. The molecule has 0 fully saturated rings. The minimum atomic E-state index is -1.47. The van der Waals surface area contributed by atoms with Crippen LogP contribution in [0.25, 0.3) is 33.1 Å². The zero-order chi connectivity index (χ0) is 62.8. The molecule has 0 aliphatic carbocycles. The summed E-state index contributed by atoms with van der Waals surface area (Å²) in [6, 6.07) is 23.9. The highest BCUT2D eigenvalue weighted by Crippen LogP contribution is 2.23. The molecule has 0 bridgehead atoms. The molecular weight excluding hydrogens is 1220 g/mol. The van der Waals surface area contributed by atoms with Gasteiger partial charge in [-0.15, -0.1) is 15.3 Å². The number of nitrogens with zero attached hydrogens (tertiary/aromatic N) is 14. The predicted molar refractivity (Wildman–Crippen MR) is 315 cm³/mol. The lowest BCUT2D eigenvalue weighted by atomic mass is 10.1. The Labute approximate surface area is 506 Å². The Morgan fingerprint density at radius 3 is 1.11 bits per heavy atom. The molecule has 12 rings (SSSR count). The van der Waals surface area contributed by atoms with Crippen LogP contribution in [0.1, 0.15) is 69.6 Å². The topological polar surface area (TPSA) is 319 Å². The largest absolute Gasteiger partial charge is 0.437 e. The second-order valence-electron chi connectivity index (χ2n) is 19.1. The van der Waals surface area contributed by atoms with Crippen molar-refractivity contribution in [3.8, 4) is 0 Å². The first-order valence-corrected chi connectivity index (χ1v) is 27.3. The summed E-state index contributed by atoms with van der Waals surface area (Å²) in [6.07, 6.45) is 4.47. The predicted octanol–water partition coefficient (Wildman–Crippen LogP) is 7.49. The molecule has 0 aliphatic heterocycles. The van der Waals surface area contributed by atoms with E-state index in [2.05, 4.69) is 50.3 Å². The summed E-state index contributed by atoms with van der Waals surface area (Å²) in [5, 5.41) is 25.0. The number of nitrogens with one attached hydrogen (secondary N) is 1. The highest BCUT2D eigenvalue weighted by atomic mass is 35.5.